The van der Waals surface area contributed by atoms with Gasteiger partial charge in [-0.25, -0.2) is 13.6 Å². The third-order valence-corrected chi connectivity index (χ3v) is 3.83. The van der Waals surface area contributed by atoms with Crippen LogP contribution in [0, 0.1) is 0 Å². The predicted molar refractivity (Wildman–Crippen MR) is 80.9 cm³/mol. The Morgan fingerprint density at radius 3 is 2.40 bits per heavy atom. The van der Waals surface area contributed by atoms with Crippen molar-refractivity contribution >= 4 is 21.4 Å². The maximum Gasteiger partial charge on any atom is 0.240 e. The first kappa shape index (κ1) is 14.4. The van der Waals surface area contributed by atoms with Crippen molar-refractivity contribution < 1.29 is 8.42 Å². The highest BCUT2D eigenvalue weighted by atomic mass is 32.2. The largest absolute Gasteiger partial charge is 0.399 e. The summed E-state index contributed by atoms with van der Waals surface area (Å²) in [4.78, 5) is 0.0190. The molecule has 0 unspecified atom stereocenters. The number of hydrogen-bond donors (Lipinski definition) is 3. The zero-order valence-electron chi connectivity index (χ0n) is 10.9. The monoisotopic (exact) mass is 291 g/mol. The number of sulfonamides is 1. The van der Waals surface area contributed by atoms with Crippen molar-refractivity contribution in [3.8, 4) is 0 Å². The lowest BCUT2D eigenvalue weighted by Gasteiger charge is -2.11. The van der Waals surface area contributed by atoms with E-state index in [1.165, 1.54) is 11.6 Å². The fourth-order valence-electron chi connectivity index (χ4n) is 1.91. The lowest BCUT2D eigenvalue weighted by atomic mass is 10.1. The number of rotatable bonds is 5. The molecule has 0 saturated carbocycles. The van der Waals surface area contributed by atoms with Crippen LogP contribution < -0.4 is 16.2 Å². The van der Waals surface area contributed by atoms with Crippen molar-refractivity contribution in [1.82, 2.24) is 0 Å². The van der Waals surface area contributed by atoms with Gasteiger partial charge >= 0.3 is 0 Å². The third kappa shape index (κ3) is 3.72. The van der Waals surface area contributed by atoms with E-state index in [1.54, 1.807) is 12.1 Å². The quantitative estimate of drug-likeness (QED) is 0.728. The Labute approximate surface area is 118 Å². The average Bonchev–Trinajstić information content (AvgIpc) is 2.40. The molecule has 0 aromatic heterocycles. The van der Waals surface area contributed by atoms with E-state index in [1.807, 2.05) is 30.3 Å². The molecule has 5 nitrogen and oxygen atoms in total. The van der Waals surface area contributed by atoms with E-state index in [4.69, 9.17) is 10.9 Å². The molecule has 2 aromatic rings. The van der Waals surface area contributed by atoms with Crippen molar-refractivity contribution in [1.29, 1.82) is 0 Å². The fraction of sp³-hybridized carbons (Fsp3) is 0.143. The van der Waals surface area contributed by atoms with Crippen LogP contribution in [0.2, 0.25) is 0 Å². The molecule has 20 heavy (non-hydrogen) atoms. The molecule has 0 bridgehead atoms. The standard InChI is InChI=1S/C14H17N3O2S/c15-12-6-7-13(14(10-12)20(16,18)19)17-9-8-11-4-2-1-3-5-11/h1-7,10,17H,8-9,15H2,(H2,16,18,19). The van der Waals surface area contributed by atoms with E-state index in [0.717, 1.165) is 6.42 Å². The fourth-order valence-corrected chi connectivity index (χ4v) is 2.65. The molecule has 0 aliphatic heterocycles. The summed E-state index contributed by atoms with van der Waals surface area (Å²) in [6.07, 6.45) is 0.787. The summed E-state index contributed by atoms with van der Waals surface area (Å²) in [6.45, 7) is 0.608. The number of anilines is 2. The first-order valence-electron chi connectivity index (χ1n) is 6.17. The maximum absolute atomic E-state index is 11.5. The van der Waals surface area contributed by atoms with Crippen molar-refractivity contribution in [3.63, 3.8) is 0 Å². The van der Waals surface area contributed by atoms with Crippen LogP contribution in [0.4, 0.5) is 11.4 Å². The minimum atomic E-state index is -3.79. The molecule has 0 saturated heterocycles. The number of nitrogens with two attached hydrogens (primary N) is 2. The summed E-state index contributed by atoms with van der Waals surface area (Å²) in [5.41, 5.74) is 7.60. The minimum Gasteiger partial charge on any atom is -0.399 e. The van der Waals surface area contributed by atoms with Crippen molar-refractivity contribution in [2.75, 3.05) is 17.6 Å². The average molecular weight is 291 g/mol. The number of benzene rings is 2. The maximum atomic E-state index is 11.5. The Balaban J connectivity index is 2.10. The lowest BCUT2D eigenvalue weighted by molar-refractivity contribution is 0.598. The van der Waals surface area contributed by atoms with Gasteiger partial charge < -0.3 is 11.1 Å². The van der Waals surface area contributed by atoms with Gasteiger partial charge in [-0.15, -0.1) is 0 Å². The summed E-state index contributed by atoms with van der Waals surface area (Å²) in [6, 6.07) is 14.6. The molecule has 5 N–H and O–H groups in total. The van der Waals surface area contributed by atoms with Crippen LogP contribution in [-0.4, -0.2) is 15.0 Å². The van der Waals surface area contributed by atoms with Crippen LogP contribution in [0.15, 0.2) is 53.4 Å². The van der Waals surface area contributed by atoms with Crippen molar-refractivity contribution in [3.05, 3.63) is 54.1 Å². The molecular formula is C14H17N3O2S. The Hall–Kier alpha value is -2.05. The second kappa shape index (κ2) is 5.94. The Morgan fingerprint density at radius 2 is 1.75 bits per heavy atom. The van der Waals surface area contributed by atoms with Crippen LogP contribution in [0.25, 0.3) is 0 Å². The predicted octanol–water partition coefficient (Wildman–Crippen LogP) is 1.57. The topological polar surface area (TPSA) is 98.2 Å². The Bertz CT molecular complexity index is 685. The molecule has 0 aliphatic carbocycles. The normalized spacial score (nSPS) is 11.2. The molecule has 2 rings (SSSR count). The number of nitrogens with one attached hydrogen (secondary N) is 1. The van der Waals surface area contributed by atoms with Crippen molar-refractivity contribution in [2.45, 2.75) is 11.3 Å². The van der Waals surface area contributed by atoms with Gasteiger partial charge in [0.05, 0.1) is 5.69 Å². The summed E-state index contributed by atoms with van der Waals surface area (Å²) >= 11 is 0. The number of nitrogen functional groups attached to an aromatic ring is 1. The highest BCUT2D eigenvalue weighted by Gasteiger charge is 2.14. The lowest BCUT2D eigenvalue weighted by Crippen LogP contribution is -2.16. The first-order chi connectivity index (χ1) is 9.47. The zero-order valence-corrected chi connectivity index (χ0v) is 11.7. The second-order valence-corrected chi connectivity index (χ2v) is 5.99. The van der Waals surface area contributed by atoms with Gasteiger partial charge in [0.15, 0.2) is 0 Å². The zero-order chi connectivity index (χ0) is 14.6. The third-order valence-electron chi connectivity index (χ3n) is 2.88. The molecule has 0 heterocycles. The highest BCUT2D eigenvalue weighted by molar-refractivity contribution is 7.89. The Kier molecular flexibility index (Phi) is 4.26. The van der Waals surface area contributed by atoms with Crippen LogP contribution in [0.3, 0.4) is 0 Å². The summed E-state index contributed by atoms with van der Waals surface area (Å²) in [5.74, 6) is 0. The molecule has 6 heteroatoms. The number of hydrogen-bond acceptors (Lipinski definition) is 4. The van der Waals surface area contributed by atoms with E-state index >= 15 is 0 Å². The van der Waals surface area contributed by atoms with E-state index in [-0.39, 0.29) is 4.90 Å². The van der Waals surface area contributed by atoms with E-state index in [2.05, 4.69) is 5.32 Å². The van der Waals surface area contributed by atoms with Gasteiger partial charge in [-0.2, -0.15) is 0 Å². The molecule has 2 aromatic carbocycles. The summed E-state index contributed by atoms with van der Waals surface area (Å²) in [5, 5.41) is 8.27. The van der Waals surface area contributed by atoms with Gasteiger partial charge in [0, 0.05) is 12.2 Å². The van der Waals surface area contributed by atoms with E-state index in [0.29, 0.717) is 17.9 Å². The molecule has 0 radical (unpaired) electrons. The summed E-state index contributed by atoms with van der Waals surface area (Å²) in [7, 11) is -3.79. The van der Waals surface area contributed by atoms with Crippen LogP contribution in [-0.2, 0) is 16.4 Å². The van der Waals surface area contributed by atoms with Crippen LogP contribution >= 0.6 is 0 Å². The molecule has 0 fully saturated rings. The Morgan fingerprint density at radius 1 is 1.05 bits per heavy atom. The summed E-state index contributed by atoms with van der Waals surface area (Å²) < 4.78 is 23.0. The van der Waals surface area contributed by atoms with Gasteiger partial charge in [-0.05, 0) is 30.2 Å². The van der Waals surface area contributed by atoms with Crippen LogP contribution in [0.1, 0.15) is 5.56 Å². The molecule has 0 atom stereocenters. The molecule has 0 spiro atoms. The first-order valence-corrected chi connectivity index (χ1v) is 7.71. The van der Waals surface area contributed by atoms with Gasteiger partial charge in [-0.1, -0.05) is 30.3 Å². The van der Waals surface area contributed by atoms with Crippen LogP contribution in [0.5, 0.6) is 0 Å². The number of primary sulfonamides is 1. The molecule has 106 valence electrons. The van der Waals surface area contributed by atoms with Crippen molar-refractivity contribution in [2.24, 2.45) is 5.14 Å². The smallest absolute Gasteiger partial charge is 0.240 e. The van der Waals surface area contributed by atoms with Gasteiger partial charge in [0.25, 0.3) is 0 Å². The second-order valence-electron chi connectivity index (χ2n) is 4.46. The molecular weight excluding hydrogens is 274 g/mol. The minimum absolute atomic E-state index is 0.0190. The van der Waals surface area contributed by atoms with Gasteiger partial charge in [0.2, 0.25) is 10.0 Å². The molecule has 0 amide bonds. The van der Waals surface area contributed by atoms with Gasteiger partial charge in [0.1, 0.15) is 4.90 Å². The SMILES string of the molecule is Nc1ccc(NCCc2ccccc2)c(S(N)(=O)=O)c1. The highest BCUT2D eigenvalue weighted by Crippen LogP contribution is 2.22. The van der Waals surface area contributed by atoms with E-state index < -0.39 is 10.0 Å². The van der Waals surface area contributed by atoms with E-state index in [9.17, 15) is 8.42 Å². The van der Waals surface area contributed by atoms with Gasteiger partial charge in [-0.3, -0.25) is 0 Å². The molecule has 0 aliphatic rings.